The minimum Gasteiger partial charge on any atom is -0.297 e. The van der Waals surface area contributed by atoms with E-state index < -0.39 is 5.41 Å². The zero-order valence-electron chi connectivity index (χ0n) is 17.8. The maximum atomic E-state index is 10.4. The van der Waals surface area contributed by atoms with Gasteiger partial charge in [-0.05, 0) is 69.2 Å². The summed E-state index contributed by atoms with van der Waals surface area (Å²) in [5, 5.41) is 11.1. The Hall–Kier alpha value is -1.82. The molecule has 2 nitrogen and oxygen atoms in total. The molecule has 2 aromatic rings. The molecule has 0 aliphatic heterocycles. The molecule has 154 valence electrons. The predicted octanol–water partition coefficient (Wildman–Crippen LogP) is 6.98. The second-order valence-electron chi connectivity index (χ2n) is 8.70. The average Bonchev–Trinajstić information content (AvgIpc) is 3.27. The van der Waals surface area contributed by atoms with E-state index in [1.807, 2.05) is 18.2 Å². The highest BCUT2D eigenvalue weighted by molar-refractivity contribution is 6.31. The molecule has 0 bridgehead atoms. The summed E-state index contributed by atoms with van der Waals surface area (Å²) in [7, 11) is 0. The molecule has 0 spiro atoms. The van der Waals surface area contributed by atoms with Crippen molar-refractivity contribution in [2.24, 2.45) is 5.92 Å². The van der Waals surface area contributed by atoms with Crippen LogP contribution in [0.3, 0.4) is 0 Å². The summed E-state index contributed by atoms with van der Waals surface area (Å²) in [4.78, 5) is 2.51. The molecule has 1 aliphatic carbocycles. The van der Waals surface area contributed by atoms with Crippen LogP contribution in [0.15, 0.2) is 54.6 Å². The van der Waals surface area contributed by atoms with Gasteiger partial charge < -0.3 is 0 Å². The zero-order valence-corrected chi connectivity index (χ0v) is 18.5. The Morgan fingerprint density at radius 1 is 1.07 bits per heavy atom. The summed E-state index contributed by atoms with van der Waals surface area (Å²) in [5.41, 5.74) is 1.91. The Morgan fingerprint density at radius 2 is 1.72 bits per heavy atom. The van der Waals surface area contributed by atoms with Crippen molar-refractivity contribution in [3.8, 4) is 6.07 Å². The molecule has 0 N–H and O–H groups in total. The van der Waals surface area contributed by atoms with Gasteiger partial charge in [0.05, 0.1) is 11.5 Å². The molecular formula is C26H33ClN2. The van der Waals surface area contributed by atoms with E-state index in [0.29, 0.717) is 12.0 Å². The van der Waals surface area contributed by atoms with Gasteiger partial charge in [-0.3, -0.25) is 4.90 Å². The van der Waals surface area contributed by atoms with E-state index in [9.17, 15) is 5.26 Å². The van der Waals surface area contributed by atoms with E-state index in [-0.39, 0.29) is 0 Å². The number of nitrogens with zero attached hydrogens (tertiary/aromatic N) is 2. The Morgan fingerprint density at radius 3 is 2.34 bits per heavy atom. The first-order chi connectivity index (χ1) is 14.1. The van der Waals surface area contributed by atoms with Crippen LogP contribution in [0.2, 0.25) is 5.02 Å². The molecule has 0 radical (unpaired) electrons. The molecule has 1 fully saturated rings. The summed E-state index contributed by atoms with van der Waals surface area (Å²) >= 11 is 6.60. The van der Waals surface area contributed by atoms with Gasteiger partial charge in [-0.2, -0.15) is 5.26 Å². The molecule has 0 amide bonds. The first-order valence-electron chi connectivity index (χ1n) is 11.0. The van der Waals surface area contributed by atoms with Crippen LogP contribution in [-0.2, 0) is 12.0 Å². The molecular weight excluding hydrogens is 376 g/mol. The third kappa shape index (κ3) is 5.21. The summed E-state index contributed by atoms with van der Waals surface area (Å²) in [6.07, 6.45) is 6.60. The number of nitriles is 1. The number of halogens is 1. The van der Waals surface area contributed by atoms with Gasteiger partial charge in [-0.15, -0.1) is 0 Å². The lowest BCUT2D eigenvalue weighted by molar-refractivity contribution is 0.197. The third-order valence-electron chi connectivity index (χ3n) is 6.58. The van der Waals surface area contributed by atoms with Gasteiger partial charge in [-0.25, -0.2) is 0 Å². The number of hydrogen-bond donors (Lipinski definition) is 0. The Kier molecular flexibility index (Phi) is 7.76. The minimum atomic E-state index is -0.468. The van der Waals surface area contributed by atoms with Gasteiger partial charge in [-0.1, -0.05) is 73.0 Å². The van der Waals surface area contributed by atoms with Crippen LogP contribution in [0.1, 0.15) is 63.5 Å². The number of rotatable bonds is 9. The fraction of sp³-hybridized carbons (Fsp3) is 0.500. The molecule has 1 saturated carbocycles. The fourth-order valence-electron chi connectivity index (χ4n) is 4.91. The lowest BCUT2D eigenvalue weighted by Gasteiger charge is -2.35. The number of benzene rings is 2. The molecule has 0 aromatic heterocycles. The van der Waals surface area contributed by atoms with E-state index >= 15 is 0 Å². The minimum absolute atomic E-state index is 0.411. The Bertz CT molecular complexity index is 805. The summed E-state index contributed by atoms with van der Waals surface area (Å²) in [5.74, 6) is 0.411. The van der Waals surface area contributed by atoms with Gasteiger partial charge in [0.15, 0.2) is 0 Å². The molecule has 3 rings (SSSR count). The first-order valence-corrected chi connectivity index (χ1v) is 11.4. The van der Waals surface area contributed by atoms with Crippen molar-refractivity contribution in [2.75, 3.05) is 6.54 Å². The van der Waals surface area contributed by atoms with E-state index in [4.69, 9.17) is 11.6 Å². The largest absolute Gasteiger partial charge is 0.297 e. The van der Waals surface area contributed by atoms with E-state index in [0.717, 1.165) is 49.4 Å². The molecule has 1 aliphatic rings. The van der Waals surface area contributed by atoms with Crippen LogP contribution >= 0.6 is 11.6 Å². The van der Waals surface area contributed by atoms with Crippen molar-refractivity contribution in [1.82, 2.24) is 4.90 Å². The van der Waals surface area contributed by atoms with Gasteiger partial charge >= 0.3 is 0 Å². The second-order valence-corrected chi connectivity index (χ2v) is 9.10. The maximum Gasteiger partial charge on any atom is 0.0865 e. The van der Waals surface area contributed by atoms with Crippen LogP contribution < -0.4 is 0 Å². The molecule has 3 heteroatoms. The maximum absolute atomic E-state index is 10.4. The lowest BCUT2D eigenvalue weighted by atomic mass is 9.67. The molecule has 0 heterocycles. The van der Waals surface area contributed by atoms with E-state index in [1.165, 1.54) is 18.4 Å². The van der Waals surface area contributed by atoms with Crippen LogP contribution in [0.25, 0.3) is 0 Å². The highest BCUT2D eigenvalue weighted by Crippen LogP contribution is 2.47. The van der Waals surface area contributed by atoms with Gasteiger partial charge in [0.1, 0.15) is 0 Å². The number of hydrogen-bond acceptors (Lipinski definition) is 2. The molecule has 29 heavy (non-hydrogen) atoms. The summed E-state index contributed by atoms with van der Waals surface area (Å²) in [6.45, 7) is 6.46. The van der Waals surface area contributed by atoms with Crippen molar-refractivity contribution in [3.63, 3.8) is 0 Å². The van der Waals surface area contributed by atoms with Crippen LogP contribution in [0.5, 0.6) is 0 Å². The molecule has 1 unspecified atom stereocenters. The van der Waals surface area contributed by atoms with Crippen molar-refractivity contribution in [3.05, 3.63) is 70.7 Å². The molecule has 0 saturated heterocycles. The fourth-order valence-corrected chi connectivity index (χ4v) is 5.21. The Balaban J connectivity index is 1.76. The smallest absolute Gasteiger partial charge is 0.0865 e. The third-order valence-corrected chi connectivity index (χ3v) is 6.91. The van der Waals surface area contributed by atoms with Gasteiger partial charge in [0.2, 0.25) is 0 Å². The van der Waals surface area contributed by atoms with E-state index in [2.05, 4.69) is 61.2 Å². The van der Waals surface area contributed by atoms with E-state index in [1.54, 1.807) is 0 Å². The normalized spacial score (nSPS) is 16.8. The quantitative estimate of drug-likeness (QED) is 0.447. The topological polar surface area (TPSA) is 27.0 Å². The standard InChI is InChI=1S/C26H33ClN2/c1-21(2)29(19-22-11-4-3-5-12-22)18-10-17-26(20-28,23-13-6-7-14-23)24-15-8-9-16-25(24)27/h3-5,8-9,11-12,15-16,21,23H,6-7,10,13-14,17-19H2,1-2H3. The summed E-state index contributed by atoms with van der Waals surface area (Å²) < 4.78 is 0. The molecule has 1 atom stereocenters. The van der Waals surface area contributed by atoms with Crippen LogP contribution in [0, 0.1) is 17.2 Å². The highest BCUT2D eigenvalue weighted by Gasteiger charge is 2.42. The van der Waals surface area contributed by atoms with Crippen molar-refractivity contribution in [2.45, 2.75) is 70.4 Å². The highest BCUT2D eigenvalue weighted by atomic mass is 35.5. The predicted molar refractivity (Wildman–Crippen MR) is 122 cm³/mol. The van der Waals surface area contributed by atoms with Gasteiger partial charge in [0, 0.05) is 17.6 Å². The SMILES string of the molecule is CC(C)N(CCCC(C#N)(c1ccccc1Cl)C1CCCC1)Cc1ccccc1. The van der Waals surface area contributed by atoms with Gasteiger partial charge in [0.25, 0.3) is 0 Å². The second kappa shape index (κ2) is 10.3. The van der Waals surface area contributed by atoms with Crippen molar-refractivity contribution < 1.29 is 0 Å². The monoisotopic (exact) mass is 408 g/mol. The zero-order chi connectivity index (χ0) is 20.7. The lowest BCUT2D eigenvalue weighted by Crippen LogP contribution is -2.36. The average molecular weight is 409 g/mol. The van der Waals surface area contributed by atoms with Crippen molar-refractivity contribution >= 4 is 11.6 Å². The van der Waals surface area contributed by atoms with Crippen LogP contribution in [-0.4, -0.2) is 17.5 Å². The summed E-state index contributed by atoms with van der Waals surface area (Å²) in [6, 6.07) is 21.9. The first kappa shape index (κ1) is 21.9. The van der Waals surface area contributed by atoms with Crippen LogP contribution in [0.4, 0.5) is 0 Å². The molecule has 2 aromatic carbocycles. The Labute approximate surface area is 181 Å². The van der Waals surface area contributed by atoms with Crippen molar-refractivity contribution in [1.29, 1.82) is 5.26 Å².